The van der Waals surface area contributed by atoms with Crippen molar-refractivity contribution in [3.05, 3.63) is 173 Å². The molecule has 0 spiro atoms. The molecule has 0 aliphatic rings. The number of hydrogen-bond donors (Lipinski definition) is 0. The Kier molecular flexibility index (Phi) is 9.94. The van der Waals surface area contributed by atoms with Crippen LogP contribution in [-0.4, -0.2) is 11.7 Å². The van der Waals surface area contributed by atoms with E-state index < -0.39 is 0 Å². The van der Waals surface area contributed by atoms with Gasteiger partial charge in [0.15, 0.2) is 12.4 Å². The number of aromatic nitrogens is 1. The third-order valence-corrected chi connectivity index (χ3v) is 7.15. The maximum Gasteiger partial charge on any atom is 0.169 e. The zero-order chi connectivity index (χ0) is 28.1. The van der Waals surface area contributed by atoms with Crippen molar-refractivity contribution in [2.24, 2.45) is 4.99 Å². The molecule has 0 saturated heterocycles. The lowest BCUT2D eigenvalue weighted by molar-refractivity contribution is -0.697. The molecule has 0 aliphatic carbocycles. The first-order valence-corrected chi connectivity index (χ1v) is 14.4. The summed E-state index contributed by atoms with van der Waals surface area (Å²) in [6, 6.07) is 45.2. The van der Waals surface area contributed by atoms with Crippen molar-refractivity contribution in [2.75, 3.05) is 6.54 Å². The summed E-state index contributed by atoms with van der Waals surface area (Å²) in [5.74, 6) is 0. The fourth-order valence-corrected chi connectivity index (χ4v) is 5.03. The minimum Gasteiger partial charge on any atom is -0.233 e. The molecule has 200 valence electrons. The maximum absolute atomic E-state index is 4.62. The maximum atomic E-state index is 4.62. The van der Waals surface area contributed by atoms with Crippen LogP contribution in [0.25, 0.3) is 23.3 Å². The Morgan fingerprint density at radius 1 is 0.561 bits per heavy atom. The van der Waals surface area contributed by atoms with Crippen LogP contribution < -0.4 is 4.57 Å². The van der Waals surface area contributed by atoms with Crippen LogP contribution in [0.3, 0.4) is 0 Å². The Hall–Kier alpha value is -4.69. The van der Waals surface area contributed by atoms with Crippen LogP contribution in [0.15, 0.2) is 145 Å². The Labute approximate surface area is 248 Å². The van der Waals surface area contributed by atoms with Crippen molar-refractivity contribution in [1.82, 2.24) is 0 Å². The summed E-state index contributed by atoms with van der Waals surface area (Å²) >= 11 is 4.62. The number of benzene rings is 4. The molecule has 3 heteroatoms. The number of nitrogens with zero attached hydrogens (tertiary/aromatic N) is 2. The molecule has 0 unspecified atom stereocenters. The lowest BCUT2D eigenvalue weighted by Gasteiger charge is -2.18. The predicted octanol–water partition coefficient (Wildman–Crippen LogP) is 9.03. The average Bonchev–Trinajstić information content (AvgIpc) is 3.04. The van der Waals surface area contributed by atoms with Crippen molar-refractivity contribution in [2.45, 2.75) is 19.4 Å². The zero-order valence-corrected chi connectivity index (χ0v) is 23.9. The summed E-state index contributed by atoms with van der Waals surface area (Å²) in [5.41, 5.74) is 9.58. The monoisotopic (exact) mass is 549 g/mol. The Morgan fingerprint density at radius 2 is 1.00 bits per heavy atom. The highest BCUT2D eigenvalue weighted by Crippen LogP contribution is 2.36. The number of unbranched alkanes of at least 4 members (excludes halogenated alkanes) is 1. The molecule has 2 nitrogen and oxygen atoms in total. The molecule has 0 saturated carbocycles. The Morgan fingerprint density at radius 3 is 1.46 bits per heavy atom. The molecular weight excluding hydrogens is 516 g/mol. The van der Waals surface area contributed by atoms with Crippen molar-refractivity contribution in [3.63, 3.8) is 0 Å². The number of thiocarbonyl (C=S) groups is 1. The normalized spacial score (nSPS) is 10.7. The van der Waals surface area contributed by atoms with Crippen LogP contribution in [0.4, 0.5) is 0 Å². The van der Waals surface area contributed by atoms with Gasteiger partial charge in [-0.3, -0.25) is 0 Å². The van der Waals surface area contributed by atoms with Crippen LogP contribution in [0.5, 0.6) is 0 Å². The molecule has 0 aliphatic heterocycles. The highest BCUT2D eigenvalue weighted by molar-refractivity contribution is 7.78. The molecule has 1 heterocycles. The van der Waals surface area contributed by atoms with E-state index in [1.165, 1.54) is 39.0 Å². The van der Waals surface area contributed by atoms with Gasteiger partial charge in [-0.2, -0.15) is 0 Å². The van der Waals surface area contributed by atoms with Gasteiger partial charge in [-0.05, 0) is 63.2 Å². The van der Waals surface area contributed by atoms with Crippen molar-refractivity contribution < 1.29 is 4.57 Å². The molecule has 1 aromatic heterocycles. The molecule has 4 aromatic carbocycles. The number of pyridine rings is 1. The van der Waals surface area contributed by atoms with Gasteiger partial charge in [0.05, 0.1) is 5.16 Å². The largest absolute Gasteiger partial charge is 0.233 e. The van der Waals surface area contributed by atoms with Gasteiger partial charge in [-0.15, -0.1) is 0 Å². The topological polar surface area (TPSA) is 16.2 Å². The summed E-state index contributed by atoms with van der Waals surface area (Å²) in [5, 5.41) is 2.43. The van der Waals surface area contributed by atoms with Crippen LogP contribution in [0, 0.1) is 0 Å². The van der Waals surface area contributed by atoms with E-state index in [-0.39, 0.29) is 0 Å². The van der Waals surface area contributed by atoms with E-state index >= 15 is 0 Å². The van der Waals surface area contributed by atoms with E-state index in [1.54, 1.807) is 0 Å². The second kappa shape index (κ2) is 14.6. The van der Waals surface area contributed by atoms with Gasteiger partial charge in [0.1, 0.15) is 6.54 Å². The lowest BCUT2D eigenvalue weighted by Crippen LogP contribution is -2.32. The zero-order valence-electron chi connectivity index (χ0n) is 23.1. The first-order chi connectivity index (χ1) is 20.3. The van der Waals surface area contributed by atoms with Gasteiger partial charge in [0.2, 0.25) is 0 Å². The first-order valence-electron chi connectivity index (χ1n) is 14.0. The summed E-state index contributed by atoms with van der Waals surface area (Å²) in [4.78, 5) is 3.98. The fourth-order valence-electron chi connectivity index (χ4n) is 4.94. The van der Waals surface area contributed by atoms with E-state index in [2.05, 4.69) is 179 Å². The van der Waals surface area contributed by atoms with Crippen LogP contribution in [-0.2, 0) is 6.54 Å². The molecule has 0 radical (unpaired) electrons. The molecule has 0 fully saturated rings. The van der Waals surface area contributed by atoms with E-state index in [1.807, 2.05) is 0 Å². The fraction of sp³-hybridized carbons (Fsp3) is 0.105. The van der Waals surface area contributed by atoms with Crippen LogP contribution >= 0.6 is 12.2 Å². The average molecular weight is 550 g/mol. The van der Waals surface area contributed by atoms with Gasteiger partial charge >= 0.3 is 0 Å². The summed E-state index contributed by atoms with van der Waals surface area (Å²) in [6.45, 7) is 1.73. The minimum absolute atomic E-state index is 0.756. The molecular formula is C38H33N2S+. The number of rotatable bonds is 11. The summed E-state index contributed by atoms with van der Waals surface area (Å²) in [7, 11) is 0. The second-order valence-corrected chi connectivity index (χ2v) is 10.0. The van der Waals surface area contributed by atoms with Gasteiger partial charge in [0, 0.05) is 25.1 Å². The quantitative estimate of drug-likeness (QED) is 0.0528. The lowest BCUT2D eigenvalue weighted by atomic mass is 9.85. The first kappa shape index (κ1) is 27.9. The van der Waals surface area contributed by atoms with Crippen molar-refractivity contribution in [3.8, 4) is 0 Å². The van der Waals surface area contributed by atoms with Gasteiger partial charge < -0.3 is 0 Å². The van der Waals surface area contributed by atoms with Crippen molar-refractivity contribution in [1.29, 1.82) is 0 Å². The van der Waals surface area contributed by atoms with Crippen LogP contribution in [0.1, 0.15) is 46.2 Å². The van der Waals surface area contributed by atoms with Crippen molar-refractivity contribution >= 4 is 40.7 Å². The summed E-state index contributed by atoms with van der Waals surface area (Å²) in [6.07, 6.45) is 10.7. The molecule has 5 aromatic rings. The third-order valence-electron chi connectivity index (χ3n) is 7.02. The molecule has 0 N–H and O–H groups in total. The minimum atomic E-state index is 0.756. The van der Waals surface area contributed by atoms with Crippen LogP contribution in [0.2, 0.25) is 0 Å². The van der Waals surface area contributed by atoms with E-state index in [0.717, 1.165) is 31.5 Å². The number of aliphatic imine (C=N–C) groups is 1. The molecule has 5 rings (SSSR count). The molecule has 0 bridgehead atoms. The highest BCUT2D eigenvalue weighted by atomic mass is 32.1. The van der Waals surface area contributed by atoms with Gasteiger partial charge in [0.25, 0.3) is 0 Å². The Balaban J connectivity index is 1.42. The standard InChI is InChI=1S/C38H33N2S/c41-30-39-26-10-11-27-40-28-24-32(25-29-40)19-18-31-20-22-36(23-21-31)38(35-16-8-3-9-17-35)37(33-12-4-1-5-13-33)34-14-6-2-7-15-34/h1-9,12-25,28-29H,10-11,26-27H2/q+1/b19-18+. The second-order valence-electron chi connectivity index (χ2n) is 9.85. The van der Waals surface area contributed by atoms with E-state index in [4.69, 9.17) is 0 Å². The summed E-state index contributed by atoms with van der Waals surface area (Å²) < 4.78 is 2.21. The van der Waals surface area contributed by atoms with E-state index in [9.17, 15) is 0 Å². The smallest absolute Gasteiger partial charge is 0.169 e. The molecule has 0 atom stereocenters. The third kappa shape index (κ3) is 7.70. The Bertz CT molecular complexity index is 1590. The van der Waals surface area contributed by atoms with E-state index in [0.29, 0.717) is 0 Å². The highest BCUT2D eigenvalue weighted by Gasteiger charge is 2.15. The molecule has 41 heavy (non-hydrogen) atoms. The predicted molar refractivity (Wildman–Crippen MR) is 175 cm³/mol. The number of isothiocyanates is 1. The van der Waals surface area contributed by atoms with Gasteiger partial charge in [-0.1, -0.05) is 127 Å². The number of aryl methyl sites for hydroxylation is 1. The molecule has 0 amide bonds. The SMILES string of the molecule is S=C=NCCCC[n+]1ccc(/C=C/c2ccc(C(=C(c3ccccc3)c3ccccc3)c3ccccc3)cc2)cc1. The van der Waals surface area contributed by atoms with Gasteiger partial charge in [-0.25, -0.2) is 9.56 Å². The number of hydrogen-bond acceptors (Lipinski definition) is 2.